The normalized spacial score (nSPS) is 13.6. The zero-order valence-corrected chi connectivity index (χ0v) is 11.9. The second-order valence-electron chi connectivity index (χ2n) is 4.25. The highest BCUT2D eigenvalue weighted by Gasteiger charge is 2.50. The van der Waals surface area contributed by atoms with Gasteiger partial charge in [-0.25, -0.2) is 8.78 Å². The van der Waals surface area contributed by atoms with Crippen LogP contribution >= 0.6 is 11.6 Å². The summed E-state index contributed by atoms with van der Waals surface area (Å²) in [5.41, 5.74) is -0.0845. The van der Waals surface area contributed by atoms with E-state index >= 15 is 0 Å². The van der Waals surface area contributed by atoms with Crippen LogP contribution in [0.25, 0.3) is 0 Å². The molecule has 0 bridgehead atoms. The molecule has 114 valence electrons. The molecular weight excluding hydrogens is 298 g/mol. The maximum Gasteiger partial charge on any atom is 0.326 e. The average molecular weight is 314 g/mol. The smallest absolute Gasteiger partial charge is 0.326 e. The fraction of sp³-hybridized carbons (Fsp3) is 0.538. The molecule has 0 spiro atoms. The van der Waals surface area contributed by atoms with E-state index < -0.39 is 18.4 Å². The molecule has 0 fully saturated rings. The molecule has 0 aromatic heterocycles. The van der Waals surface area contributed by atoms with Crippen molar-refractivity contribution in [1.82, 2.24) is 5.32 Å². The van der Waals surface area contributed by atoms with E-state index in [-0.39, 0.29) is 22.9 Å². The summed E-state index contributed by atoms with van der Waals surface area (Å²) in [5, 5.41) is 2.62. The number of hydrogen-bond acceptors (Lipinski definition) is 2. The van der Waals surface area contributed by atoms with Crippen LogP contribution in [0, 0.1) is 0 Å². The van der Waals surface area contributed by atoms with Crippen molar-refractivity contribution < 1.29 is 22.3 Å². The van der Waals surface area contributed by atoms with Gasteiger partial charge < -0.3 is 10.1 Å². The first kappa shape index (κ1) is 17.0. The van der Waals surface area contributed by atoms with Gasteiger partial charge in [0.15, 0.2) is 0 Å². The van der Waals surface area contributed by atoms with E-state index in [9.17, 15) is 17.6 Å². The number of methoxy groups -OCH3 is 1. The summed E-state index contributed by atoms with van der Waals surface area (Å²) >= 11 is 5.77. The molecule has 1 aromatic carbocycles. The van der Waals surface area contributed by atoms with Crippen LogP contribution in [0.3, 0.4) is 0 Å². The molecule has 0 aliphatic carbocycles. The molecule has 0 aliphatic rings. The highest BCUT2D eigenvalue weighted by atomic mass is 35.5. The third-order valence-electron chi connectivity index (χ3n) is 2.78. The second kappa shape index (κ2) is 7.13. The predicted octanol–water partition coefficient (Wildman–Crippen LogP) is 4.29. The van der Waals surface area contributed by atoms with Gasteiger partial charge in [-0.2, -0.15) is 8.78 Å². The number of alkyl halides is 4. The number of halogens is 5. The van der Waals surface area contributed by atoms with E-state index in [1.807, 2.05) is 0 Å². The molecule has 20 heavy (non-hydrogen) atoms. The number of hydrogen-bond donors (Lipinski definition) is 1. The Balaban J connectivity index is 3.26. The third kappa shape index (κ3) is 3.76. The molecule has 0 radical (unpaired) electrons. The standard InChI is InChI=1S/C13H16ClF4NO/c1-3-6-19-11(13(17,18)12(15)16)9-7-8(14)4-5-10(9)20-2/h4-5,7,11-12,19H,3,6H2,1-2H3. The zero-order chi connectivity index (χ0) is 15.3. The van der Waals surface area contributed by atoms with Crippen molar-refractivity contribution in [2.24, 2.45) is 0 Å². The SMILES string of the molecule is CCCNC(c1cc(Cl)ccc1OC)C(F)(F)C(F)F. The lowest BCUT2D eigenvalue weighted by Gasteiger charge is -2.28. The first-order chi connectivity index (χ1) is 9.34. The molecule has 1 aromatic rings. The summed E-state index contributed by atoms with van der Waals surface area (Å²) in [4.78, 5) is 0. The number of ether oxygens (including phenoxy) is 1. The van der Waals surface area contributed by atoms with Gasteiger partial charge in [0.1, 0.15) is 11.8 Å². The summed E-state index contributed by atoms with van der Waals surface area (Å²) in [5.74, 6) is -4.14. The summed E-state index contributed by atoms with van der Waals surface area (Å²) in [6, 6.07) is 2.17. The van der Waals surface area contributed by atoms with Crippen molar-refractivity contribution in [3.8, 4) is 5.75 Å². The van der Waals surface area contributed by atoms with Crippen molar-refractivity contribution in [2.45, 2.75) is 31.7 Å². The van der Waals surface area contributed by atoms with Gasteiger partial charge in [0.25, 0.3) is 0 Å². The number of nitrogens with one attached hydrogen (secondary N) is 1. The topological polar surface area (TPSA) is 21.3 Å². The van der Waals surface area contributed by atoms with E-state index in [2.05, 4.69) is 5.32 Å². The van der Waals surface area contributed by atoms with Crippen molar-refractivity contribution in [3.05, 3.63) is 28.8 Å². The Labute approximate surface area is 120 Å². The molecule has 0 amide bonds. The zero-order valence-electron chi connectivity index (χ0n) is 11.1. The van der Waals surface area contributed by atoms with Gasteiger partial charge in [-0.15, -0.1) is 0 Å². The van der Waals surface area contributed by atoms with E-state index in [1.165, 1.54) is 25.3 Å². The van der Waals surface area contributed by atoms with Crippen LogP contribution in [0.2, 0.25) is 5.02 Å². The van der Waals surface area contributed by atoms with E-state index in [0.29, 0.717) is 6.42 Å². The maximum absolute atomic E-state index is 13.8. The van der Waals surface area contributed by atoms with Crippen molar-refractivity contribution in [3.63, 3.8) is 0 Å². The van der Waals surface area contributed by atoms with Crippen LogP contribution < -0.4 is 10.1 Å². The Bertz CT molecular complexity index is 442. The summed E-state index contributed by atoms with van der Waals surface area (Å²) in [7, 11) is 1.28. The Morgan fingerprint density at radius 1 is 1.35 bits per heavy atom. The van der Waals surface area contributed by atoms with Crippen LogP contribution in [0.15, 0.2) is 18.2 Å². The molecule has 0 heterocycles. The summed E-state index contributed by atoms with van der Waals surface area (Å²) in [6.07, 6.45) is -3.26. The predicted molar refractivity (Wildman–Crippen MR) is 70.0 cm³/mol. The van der Waals surface area contributed by atoms with Gasteiger partial charge in [-0.3, -0.25) is 0 Å². The monoisotopic (exact) mass is 313 g/mol. The van der Waals surface area contributed by atoms with E-state index in [0.717, 1.165) is 0 Å². The average Bonchev–Trinajstić information content (AvgIpc) is 2.39. The van der Waals surface area contributed by atoms with Gasteiger partial charge in [0.2, 0.25) is 0 Å². The fourth-order valence-corrected chi connectivity index (χ4v) is 1.98. The molecule has 1 N–H and O–H groups in total. The molecule has 1 unspecified atom stereocenters. The van der Waals surface area contributed by atoms with Crippen molar-refractivity contribution >= 4 is 11.6 Å². The Morgan fingerprint density at radius 3 is 2.50 bits per heavy atom. The molecule has 0 aliphatic heterocycles. The van der Waals surface area contributed by atoms with E-state index in [1.54, 1.807) is 6.92 Å². The lowest BCUT2D eigenvalue weighted by atomic mass is 9.99. The highest BCUT2D eigenvalue weighted by molar-refractivity contribution is 6.30. The molecular formula is C13H16ClF4NO. The maximum atomic E-state index is 13.8. The summed E-state index contributed by atoms with van der Waals surface area (Å²) in [6.45, 7) is 1.92. The van der Waals surface area contributed by atoms with Gasteiger partial charge in [0.05, 0.1) is 7.11 Å². The summed E-state index contributed by atoms with van der Waals surface area (Å²) < 4.78 is 57.8. The lowest BCUT2D eigenvalue weighted by Crippen LogP contribution is -2.43. The lowest BCUT2D eigenvalue weighted by molar-refractivity contribution is -0.151. The van der Waals surface area contributed by atoms with Gasteiger partial charge in [0, 0.05) is 10.6 Å². The molecule has 0 saturated carbocycles. The number of rotatable bonds is 7. The molecule has 1 rings (SSSR count). The van der Waals surface area contributed by atoms with Crippen molar-refractivity contribution in [1.29, 1.82) is 0 Å². The minimum Gasteiger partial charge on any atom is -0.496 e. The van der Waals surface area contributed by atoms with Gasteiger partial charge >= 0.3 is 12.3 Å². The minimum atomic E-state index is -4.23. The van der Waals surface area contributed by atoms with Crippen LogP contribution in [0.1, 0.15) is 24.9 Å². The fourth-order valence-electron chi connectivity index (χ4n) is 1.80. The third-order valence-corrected chi connectivity index (χ3v) is 3.01. The molecule has 1 atom stereocenters. The molecule has 2 nitrogen and oxygen atoms in total. The molecule has 7 heteroatoms. The number of benzene rings is 1. The quantitative estimate of drug-likeness (QED) is 0.758. The minimum absolute atomic E-state index is 0.0845. The second-order valence-corrected chi connectivity index (χ2v) is 4.69. The first-order valence-corrected chi connectivity index (χ1v) is 6.45. The van der Waals surface area contributed by atoms with Crippen LogP contribution in [-0.4, -0.2) is 26.0 Å². The highest BCUT2D eigenvalue weighted by Crippen LogP contribution is 2.41. The van der Waals surface area contributed by atoms with Crippen LogP contribution in [-0.2, 0) is 0 Å². The largest absolute Gasteiger partial charge is 0.496 e. The van der Waals surface area contributed by atoms with Gasteiger partial charge in [-0.05, 0) is 31.2 Å². The Hall–Kier alpha value is -1.01. The van der Waals surface area contributed by atoms with Crippen LogP contribution in [0.4, 0.5) is 17.6 Å². The first-order valence-electron chi connectivity index (χ1n) is 6.07. The molecule has 0 saturated heterocycles. The van der Waals surface area contributed by atoms with Crippen LogP contribution in [0.5, 0.6) is 5.75 Å². The Kier molecular flexibility index (Phi) is 6.07. The van der Waals surface area contributed by atoms with E-state index in [4.69, 9.17) is 16.3 Å². The Morgan fingerprint density at radius 2 is 2.00 bits per heavy atom. The van der Waals surface area contributed by atoms with Gasteiger partial charge in [-0.1, -0.05) is 18.5 Å². The van der Waals surface area contributed by atoms with Crippen molar-refractivity contribution in [2.75, 3.05) is 13.7 Å².